The number of halogens is 1. The van der Waals surface area contributed by atoms with Gasteiger partial charge in [-0.1, -0.05) is 16.8 Å². The number of nitrogens with zero attached hydrogens (tertiary/aromatic N) is 4. The molecular weight excluding hydrogens is 254 g/mol. The predicted molar refractivity (Wildman–Crippen MR) is 65.5 cm³/mol. The first-order valence-electron chi connectivity index (χ1n) is 5.85. The van der Waals surface area contributed by atoms with E-state index in [0.717, 1.165) is 11.7 Å². The van der Waals surface area contributed by atoms with Gasteiger partial charge >= 0.3 is 0 Å². The van der Waals surface area contributed by atoms with E-state index in [-0.39, 0.29) is 0 Å². The number of hydrogen-bond donors (Lipinski definition) is 1. The molecule has 1 saturated carbocycles. The van der Waals surface area contributed by atoms with Crippen molar-refractivity contribution in [3.63, 3.8) is 0 Å². The summed E-state index contributed by atoms with van der Waals surface area (Å²) >= 11 is 5.69. The Balaban J connectivity index is 1.49. The lowest BCUT2D eigenvalue weighted by Crippen LogP contribution is -2.08. The Bertz CT molecular complexity index is 522. The van der Waals surface area contributed by atoms with Crippen LogP contribution in [0.15, 0.2) is 16.9 Å². The van der Waals surface area contributed by atoms with E-state index in [2.05, 4.69) is 25.4 Å². The summed E-state index contributed by atoms with van der Waals surface area (Å²) in [7, 11) is 0. The average molecular weight is 266 g/mol. The lowest BCUT2D eigenvalue weighted by molar-refractivity contribution is 0.374. The van der Waals surface area contributed by atoms with E-state index in [1.54, 1.807) is 12.4 Å². The number of hydrogen-bond acceptors (Lipinski definition) is 6. The van der Waals surface area contributed by atoms with Gasteiger partial charge in [-0.25, -0.2) is 9.97 Å². The number of nitrogens with one attached hydrogen (secondary N) is 1. The molecule has 1 N–H and O–H groups in total. The average Bonchev–Trinajstić information content (AvgIpc) is 3.12. The molecule has 1 fully saturated rings. The molecule has 0 aromatic carbocycles. The van der Waals surface area contributed by atoms with Gasteiger partial charge in [0.05, 0.1) is 17.4 Å². The maximum absolute atomic E-state index is 5.69. The molecule has 3 rings (SSSR count). The number of anilines is 1. The minimum Gasteiger partial charge on any atom is -0.354 e. The molecule has 7 heteroatoms. The Morgan fingerprint density at radius 1 is 1.33 bits per heavy atom. The lowest BCUT2D eigenvalue weighted by Gasteiger charge is -2.01. The molecular formula is C11H12ClN5O. The molecule has 0 saturated heterocycles. The van der Waals surface area contributed by atoms with Gasteiger partial charge in [-0.2, -0.15) is 4.98 Å². The van der Waals surface area contributed by atoms with Crippen LogP contribution < -0.4 is 5.32 Å². The fourth-order valence-electron chi connectivity index (χ4n) is 1.55. The Labute approximate surface area is 109 Å². The van der Waals surface area contributed by atoms with Crippen LogP contribution in [0.4, 0.5) is 5.95 Å². The van der Waals surface area contributed by atoms with Gasteiger partial charge in [0.15, 0.2) is 5.82 Å². The molecule has 0 bridgehead atoms. The van der Waals surface area contributed by atoms with Crippen LogP contribution in [-0.4, -0.2) is 26.7 Å². The van der Waals surface area contributed by atoms with Crippen molar-refractivity contribution in [1.82, 2.24) is 20.1 Å². The topological polar surface area (TPSA) is 76.7 Å². The highest BCUT2D eigenvalue weighted by atomic mass is 35.5. The van der Waals surface area contributed by atoms with E-state index in [0.29, 0.717) is 29.9 Å². The summed E-state index contributed by atoms with van der Waals surface area (Å²) in [6, 6.07) is 0. The quantitative estimate of drug-likeness (QED) is 0.892. The molecule has 0 amide bonds. The highest BCUT2D eigenvalue weighted by molar-refractivity contribution is 6.30. The third-order valence-electron chi connectivity index (χ3n) is 2.66. The summed E-state index contributed by atoms with van der Waals surface area (Å²) in [5, 5.41) is 7.53. The van der Waals surface area contributed by atoms with E-state index in [4.69, 9.17) is 16.1 Å². The Kier molecular flexibility index (Phi) is 3.10. The molecule has 0 unspecified atom stereocenters. The molecule has 0 atom stereocenters. The van der Waals surface area contributed by atoms with Gasteiger partial charge in [-0.3, -0.25) is 0 Å². The smallest absolute Gasteiger partial charge is 0.229 e. The van der Waals surface area contributed by atoms with Crippen molar-refractivity contribution in [1.29, 1.82) is 0 Å². The largest absolute Gasteiger partial charge is 0.354 e. The Morgan fingerprint density at radius 2 is 2.11 bits per heavy atom. The van der Waals surface area contributed by atoms with Crippen LogP contribution in [0.5, 0.6) is 0 Å². The van der Waals surface area contributed by atoms with Crippen LogP contribution in [0.2, 0.25) is 5.02 Å². The van der Waals surface area contributed by atoms with Crippen LogP contribution >= 0.6 is 11.6 Å². The minimum absolute atomic E-state index is 0.499. The van der Waals surface area contributed by atoms with Crippen LogP contribution in [0.25, 0.3) is 0 Å². The van der Waals surface area contributed by atoms with Crippen molar-refractivity contribution in [2.45, 2.75) is 25.2 Å². The molecule has 0 aliphatic heterocycles. The molecule has 0 spiro atoms. The van der Waals surface area contributed by atoms with E-state index >= 15 is 0 Å². The normalized spacial score (nSPS) is 14.7. The fourth-order valence-corrected chi connectivity index (χ4v) is 1.65. The summed E-state index contributed by atoms with van der Waals surface area (Å²) in [5.74, 6) is 2.54. The summed E-state index contributed by atoms with van der Waals surface area (Å²) in [4.78, 5) is 12.4. The summed E-state index contributed by atoms with van der Waals surface area (Å²) < 4.78 is 5.17. The molecule has 2 aromatic rings. The molecule has 1 aliphatic carbocycles. The van der Waals surface area contributed by atoms with Gasteiger partial charge in [0.25, 0.3) is 0 Å². The van der Waals surface area contributed by atoms with Crippen molar-refractivity contribution < 1.29 is 4.52 Å². The zero-order valence-electron chi connectivity index (χ0n) is 9.64. The zero-order valence-corrected chi connectivity index (χ0v) is 10.4. The van der Waals surface area contributed by atoms with Crippen LogP contribution in [0, 0.1) is 0 Å². The van der Waals surface area contributed by atoms with Crippen LogP contribution in [0.1, 0.15) is 30.5 Å². The second kappa shape index (κ2) is 4.89. The highest BCUT2D eigenvalue weighted by Gasteiger charge is 2.29. The van der Waals surface area contributed by atoms with E-state index in [9.17, 15) is 0 Å². The van der Waals surface area contributed by atoms with Gasteiger partial charge in [0.1, 0.15) is 0 Å². The fraction of sp³-hybridized carbons (Fsp3) is 0.455. The second-order valence-corrected chi connectivity index (χ2v) is 4.66. The SMILES string of the molecule is Clc1cnc(NCCc2noc(C3CC3)n2)nc1. The Hall–Kier alpha value is -1.69. The van der Waals surface area contributed by atoms with Crippen LogP contribution in [-0.2, 0) is 6.42 Å². The van der Waals surface area contributed by atoms with E-state index in [1.807, 2.05) is 0 Å². The van der Waals surface area contributed by atoms with E-state index < -0.39 is 0 Å². The molecule has 1 aliphatic rings. The third kappa shape index (κ3) is 2.76. The first-order chi connectivity index (χ1) is 8.81. The molecule has 6 nitrogen and oxygen atoms in total. The maximum Gasteiger partial charge on any atom is 0.229 e. The second-order valence-electron chi connectivity index (χ2n) is 4.22. The van der Waals surface area contributed by atoms with Gasteiger partial charge in [0, 0.05) is 18.9 Å². The predicted octanol–water partition coefficient (Wildman–Crippen LogP) is 2.04. The highest BCUT2D eigenvalue weighted by Crippen LogP contribution is 2.38. The van der Waals surface area contributed by atoms with Gasteiger partial charge in [-0.15, -0.1) is 0 Å². The standard InChI is InChI=1S/C11H12ClN5O/c12-8-5-14-11(15-6-8)13-4-3-9-16-10(18-17-9)7-1-2-7/h5-7H,1-4H2,(H,13,14,15). The van der Waals surface area contributed by atoms with Gasteiger partial charge in [0.2, 0.25) is 11.8 Å². The van der Waals surface area contributed by atoms with Crippen molar-refractivity contribution in [2.75, 3.05) is 11.9 Å². The van der Waals surface area contributed by atoms with E-state index in [1.165, 1.54) is 12.8 Å². The number of rotatable bonds is 5. The first-order valence-corrected chi connectivity index (χ1v) is 6.23. The van der Waals surface area contributed by atoms with Gasteiger partial charge in [-0.05, 0) is 12.8 Å². The Morgan fingerprint density at radius 3 is 2.83 bits per heavy atom. The molecule has 2 aromatic heterocycles. The zero-order chi connectivity index (χ0) is 12.4. The molecule has 2 heterocycles. The van der Waals surface area contributed by atoms with Gasteiger partial charge < -0.3 is 9.84 Å². The first kappa shape index (κ1) is 11.4. The van der Waals surface area contributed by atoms with Crippen molar-refractivity contribution in [3.05, 3.63) is 29.1 Å². The summed E-state index contributed by atoms with van der Waals surface area (Å²) in [6.07, 6.45) is 6.12. The third-order valence-corrected chi connectivity index (χ3v) is 2.86. The van der Waals surface area contributed by atoms with Crippen molar-refractivity contribution >= 4 is 17.5 Å². The summed E-state index contributed by atoms with van der Waals surface area (Å²) in [5.41, 5.74) is 0. The van der Waals surface area contributed by atoms with Crippen molar-refractivity contribution in [3.8, 4) is 0 Å². The molecule has 18 heavy (non-hydrogen) atoms. The maximum atomic E-state index is 5.69. The molecule has 0 radical (unpaired) electrons. The van der Waals surface area contributed by atoms with Crippen LogP contribution in [0.3, 0.4) is 0 Å². The lowest BCUT2D eigenvalue weighted by atomic mass is 10.4. The monoisotopic (exact) mass is 265 g/mol. The summed E-state index contributed by atoms with van der Waals surface area (Å²) in [6.45, 7) is 0.658. The van der Waals surface area contributed by atoms with Crippen molar-refractivity contribution in [2.24, 2.45) is 0 Å². The number of aromatic nitrogens is 4. The minimum atomic E-state index is 0.499. The molecule has 94 valence electrons.